The van der Waals surface area contributed by atoms with Gasteiger partial charge in [-0.05, 0) is 68.5 Å². The van der Waals surface area contributed by atoms with Crippen molar-refractivity contribution in [1.29, 1.82) is 0 Å². The van der Waals surface area contributed by atoms with Gasteiger partial charge < -0.3 is 19.9 Å². The van der Waals surface area contributed by atoms with Crippen molar-refractivity contribution in [1.82, 2.24) is 0 Å². The summed E-state index contributed by atoms with van der Waals surface area (Å²) in [5.74, 6) is -0.357. The molecule has 6 heteroatoms. The number of aryl methyl sites for hydroxylation is 1. The molecule has 0 amide bonds. The molecule has 0 saturated carbocycles. The molecule has 0 saturated heterocycles. The molecule has 2 rings (SSSR count). The Morgan fingerprint density at radius 2 is 1.37 bits per heavy atom. The molecule has 30 heavy (non-hydrogen) atoms. The molecule has 2 aromatic rings. The summed E-state index contributed by atoms with van der Waals surface area (Å²) in [5, 5.41) is 0. The van der Waals surface area contributed by atoms with Crippen LogP contribution < -0.4 is 5.73 Å². The van der Waals surface area contributed by atoms with Crippen molar-refractivity contribution in [3.63, 3.8) is 0 Å². The first-order valence-electron chi connectivity index (χ1n) is 10.3. The highest BCUT2D eigenvalue weighted by Crippen LogP contribution is 2.09. The number of hydrogen-bond acceptors (Lipinski definition) is 6. The molecule has 6 nitrogen and oxygen atoms in total. The van der Waals surface area contributed by atoms with Crippen LogP contribution in [0.2, 0.25) is 0 Å². The number of nitrogen functional groups attached to an aromatic ring is 1. The number of anilines is 1. The molecule has 0 aliphatic carbocycles. The van der Waals surface area contributed by atoms with E-state index >= 15 is 0 Å². The van der Waals surface area contributed by atoms with Crippen LogP contribution >= 0.6 is 0 Å². The minimum Gasteiger partial charge on any atom is -0.462 e. The standard InChI is InChI=1S/C24H31NO5/c1-18-5-7-20(8-6-18)23(26)29-15-4-3-14-28-17-19(2)13-16-30-24(27)21-9-11-22(25)12-10-21/h5-12,19H,3-4,13-17,25H2,1-2H3. The van der Waals surface area contributed by atoms with Crippen LogP contribution in [-0.4, -0.2) is 38.4 Å². The minimum absolute atomic E-state index is 0.281. The molecule has 0 heterocycles. The van der Waals surface area contributed by atoms with Gasteiger partial charge in [0.25, 0.3) is 0 Å². The molecule has 0 bridgehead atoms. The van der Waals surface area contributed by atoms with Gasteiger partial charge >= 0.3 is 11.9 Å². The van der Waals surface area contributed by atoms with Crippen molar-refractivity contribution < 1.29 is 23.8 Å². The predicted octanol–water partition coefficient (Wildman–Crippen LogP) is 4.41. The number of ether oxygens (including phenoxy) is 3. The summed E-state index contributed by atoms with van der Waals surface area (Å²) in [4.78, 5) is 23.8. The molecule has 0 aliphatic heterocycles. The zero-order valence-electron chi connectivity index (χ0n) is 17.8. The average Bonchev–Trinajstić information content (AvgIpc) is 2.73. The SMILES string of the molecule is Cc1ccc(C(=O)OCCCCOCC(C)CCOC(=O)c2ccc(N)cc2)cc1. The van der Waals surface area contributed by atoms with Crippen molar-refractivity contribution >= 4 is 17.6 Å². The molecule has 0 fully saturated rings. The van der Waals surface area contributed by atoms with Crippen LogP contribution in [0.5, 0.6) is 0 Å². The Morgan fingerprint density at radius 3 is 2.00 bits per heavy atom. The van der Waals surface area contributed by atoms with Gasteiger partial charge in [-0.25, -0.2) is 9.59 Å². The maximum Gasteiger partial charge on any atom is 0.338 e. The molecule has 2 aromatic carbocycles. The fourth-order valence-electron chi connectivity index (χ4n) is 2.67. The number of carbonyl (C=O) groups is 2. The van der Waals surface area contributed by atoms with Gasteiger partial charge in [-0.3, -0.25) is 0 Å². The second-order valence-electron chi connectivity index (χ2n) is 7.44. The first kappa shape index (κ1) is 23.4. The van der Waals surface area contributed by atoms with Crippen LogP contribution in [0.3, 0.4) is 0 Å². The van der Waals surface area contributed by atoms with Crippen LogP contribution in [0.4, 0.5) is 5.69 Å². The second-order valence-corrected chi connectivity index (χ2v) is 7.44. The molecule has 2 N–H and O–H groups in total. The molecule has 0 aliphatic rings. The first-order valence-corrected chi connectivity index (χ1v) is 10.3. The number of unbranched alkanes of at least 4 members (excludes halogenated alkanes) is 1. The van der Waals surface area contributed by atoms with E-state index in [1.807, 2.05) is 19.1 Å². The summed E-state index contributed by atoms with van der Waals surface area (Å²) in [6.45, 7) is 5.97. The van der Waals surface area contributed by atoms with E-state index < -0.39 is 0 Å². The monoisotopic (exact) mass is 413 g/mol. The van der Waals surface area contributed by atoms with Crippen molar-refractivity contribution in [2.75, 3.05) is 32.2 Å². The van der Waals surface area contributed by atoms with E-state index in [9.17, 15) is 9.59 Å². The number of rotatable bonds is 12. The maximum atomic E-state index is 11.9. The van der Waals surface area contributed by atoms with Crippen LogP contribution in [0.1, 0.15) is 52.5 Å². The lowest BCUT2D eigenvalue weighted by Gasteiger charge is -2.12. The lowest BCUT2D eigenvalue weighted by atomic mass is 10.1. The Bertz CT molecular complexity index is 786. The fraction of sp³-hybridized carbons (Fsp3) is 0.417. The summed E-state index contributed by atoms with van der Waals surface area (Å²) in [6, 6.07) is 14.0. The number of carbonyl (C=O) groups excluding carboxylic acids is 2. The quantitative estimate of drug-likeness (QED) is 0.315. The molecule has 1 unspecified atom stereocenters. The maximum absolute atomic E-state index is 11.9. The van der Waals surface area contributed by atoms with E-state index in [1.165, 1.54) is 0 Å². The summed E-state index contributed by atoms with van der Waals surface area (Å²) in [6.07, 6.45) is 2.31. The van der Waals surface area contributed by atoms with Gasteiger partial charge in [-0.1, -0.05) is 24.6 Å². The zero-order valence-corrected chi connectivity index (χ0v) is 17.8. The van der Waals surface area contributed by atoms with E-state index in [4.69, 9.17) is 19.9 Å². The van der Waals surface area contributed by atoms with E-state index in [0.717, 1.165) is 24.8 Å². The summed E-state index contributed by atoms with van der Waals surface area (Å²) in [5.41, 5.74) is 8.40. The van der Waals surface area contributed by atoms with Gasteiger partial charge in [0.2, 0.25) is 0 Å². The second kappa shape index (κ2) is 12.6. The Hall–Kier alpha value is -2.86. The van der Waals surface area contributed by atoms with Gasteiger partial charge in [0.1, 0.15) is 0 Å². The number of hydrogen-bond donors (Lipinski definition) is 1. The van der Waals surface area contributed by atoms with Gasteiger partial charge in [0, 0.05) is 18.9 Å². The third-order valence-corrected chi connectivity index (χ3v) is 4.60. The highest BCUT2D eigenvalue weighted by Gasteiger charge is 2.09. The fourth-order valence-corrected chi connectivity index (χ4v) is 2.67. The van der Waals surface area contributed by atoms with Crippen LogP contribution in [0, 0.1) is 12.8 Å². The van der Waals surface area contributed by atoms with Gasteiger partial charge in [-0.15, -0.1) is 0 Å². The van der Waals surface area contributed by atoms with E-state index in [0.29, 0.717) is 43.2 Å². The Balaban J connectivity index is 1.47. The number of nitrogens with two attached hydrogens (primary N) is 1. The van der Waals surface area contributed by atoms with Crippen LogP contribution in [-0.2, 0) is 14.2 Å². The predicted molar refractivity (Wildman–Crippen MR) is 116 cm³/mol. The van der Waals surface area contributed by atoms with E-state index in [-0.39, 0.29) is 17.9 Å². The molecule has 0 radical (unpaired) electrons. The lowest BCUT2D eigenvalue weighted by molar-refractivity contribution is 0.0426. The Morgan fingerprint density at radius 1 is 0.833 bits per heavy atom. The van der Waals surface area contributed by atoms with E-state index in [2.05, 4.69) is 6.92 Å². The minimum atomic E-state index is -0.344. The molecule has 1 atom stereocenters. The molecule has 162 valence electrons. The molecule has 0 spiro atoms. The number of benzene rings is 2. The van der Waals surface area contributed by atoms with Crippen molar-refractivity contribution in [2.24, 2.45) is 5.92 Å². The third-order valence-electron chi connectivity index (χ3n) is 4.60. The van der Waals surface area contributed by atoms with E-state index in [1.54, 1.807) is 36.4 Å². The Kier molecular flexibility index (Phi) is 9.87. The summed E-state index contributed by atoms with van der Waals surface area (Å²) in [7, 11) is 0. The molecular formula is C24H31NO5. The van der Waals surface area contributed by atoms with Gasteiger partial charge in [0.15, 0.2) is 0 Å². The smallest absolute Gasteiger partial charge is 0.338 e. The van der Waals surface area contributed by atoms with Crippen LogP contribution in [0.25, 0.3) is 0 Å². The van der Waals surface area contributed by atoms with Crippen molar-refractivity contribution in [3.8, 4) is 0 Å². The summed E-state index contributed by atoms with van der Waals surface area (Å²) < 4.78 is 16.2. The topological polar surface area (TPSA) is 87.9 Å². The van der Waals surface area contributed by atoms with Gasteiger partial charge in [0.05, 0.1) is 24.3 Å². The largest absolute Gasteiger partial charge is 0.462 e. The van der Waals surface area contributed by atoms with Crippen LogP contribution in [0.15, 0.2) is 48.5 Å². The van der Waals surface area contributed by atoms with Crippen molar-refractivity contribution in [3.05, 3.63) is 65.2 Å². The Labute approximate surface area is 178 Å². The highest BCUT2D eigenvalue weighted by atomic mass is 16.5. The normalized spacial score (nSPS) is 11.7. The summed E-state index contributed by atoms with van der Waals surface area (Å²) >= 11 is 0. The average molecular weight is 414 g/mol. The lowest BCUT2D eigenvalue weighted by Crippen LogP contribution is -2.13. The highest BCUT2D eigenvalue weighted by molar-refractivity contribution is 5.90. The van der Waals surface area contributed by atoms with Gasteiger partial charge in [-0.2, -0.15) is 0 Å². The number of esters is 2. The van der Waals surface area contributed by atoms with Crippen molar-refractivity contribution in [2.45, 2.75) is 33.1 Å². The first-order chi connectivity index (χ1) is 14.5. The third kappa shape index (κ3) is 8.66. The molecule has 0 aromatic heterocycles. The zero-order chi connectivity index (χ0) is 21.8. The molecular weight excluding hydrogens is 382 g/mol.